The molecular formula is C15H20N2O3. The highest BCUT2D eigenvalue weighted by molar-refractivity contribution is 5.14. The molecule has 0 aliphatic carbocycles. The fraction of sp³-hybridized carbons (Fsp3) is 0.400. The van der Waals surface area contributed by atoms with Gasteiger partial charge >= 0.3 is 0 Å². The van der Waals surface area contributed by atoms with Crippen molar-refractivity contribution in [1.82, 2.24) is 10.1 Å². The molecule has 1 heterocycles. The van der Waals surface area contributed by atoms with E-state index in [9.17, 15) is 5.11 Å². The van der Waals surface area contributed by atoms with Gasteiger partial charge in [0.2, 0.25) is 0 Å². The van der Waals surface area contributed by atoms with Crippen molar-refractivity contribution in [3.63, 3.8) is 0 Å². The lowest BCUT2D eigenvalue weighted by atomic mass is 10.2. The topological polar surface area (TPSA) is 58.7 Å². The first kappa shape index (κ1) is 14.7. The minimum atomic E-state index is 0.121. The normalized spacial score (nSPS) is 11.2. The van der Waals surface area contributed by atoms with Crippen LogP contribution in [0.4, 0.5) is 0 Å². The number of methoxy groups -OCH3 is 1. The fourth-order valence-corrected chi connectivity index (χ4v) is 2.07. The maximum atomic E-state index is 9.18. The Morgan fingerprint density at radius 1 is 1.25 bits per heavy atom. The Hall–Kier alpha value is -1.69. The van der Waals surface area contributed by atoms with Crippen LogP contribution in [0.2, 0.25) is 0 Å². The molecule has 1 aromatic carbocycles. The second-order valence-electron chi connectivity index (χ2n) is 4.64. The molecule has 0 unspecified atom stereocenters. The van der Waals surface area contributed by atoms with Crippen LogP contribution in [-0.2, 0) is 24.4 Å². The Morgan fingerprint density at radius 3 is 2.75 bits per heavy atom. The molecule has 0 saturated carbocycles. The summed E-state index contributed by atoms with van der Waals surface area (Å²) in [6, 6.07) is 12.1. The molecule has 0 spiro atoms. The molecule has 108 valence electrons. The fourth-order valence-electron chi connectivity index (χ4n) is 2.07. The van der Waals surface area contributed by atoms with Gasteiger partial charge in [-0.25, -0.2) is 0 Å². The molecule has 0 aliphatic rings. The highest BCUT2D eigenvalue weighted by Crippen LogP contribution is 2.11. The number of aromatic nitrogens is 1. The van der Waals surface area contributed by atoms with Crippen LogP contribution >= 0.6 is 0 Å². The smallest absolute Gasteiger partial charge is 0.162 e. The van der Waals surface area contributed by atoms with Crippen LogP contribution in [0, 0.1) is 0 Å². The molecule has 1 aromatic heterocycles. The predicted molar refractivity (Wildman–Crippen MR) is 74.9 cm³/mol. The molecule has 0 bridgehead atoms. The molecule has 2 aromatic rings. The van der Waals surface area contributed by atoms with Crippen LogP contribution in [0.3, 0.4) is 0 Å². The summed E-state index contributed by atoms with van der Waals surface area (Å²) >= 11 is 0. The first-order chi connectivity index (χ1) is 9.81. The lowest BCUT2D eigenvalue weighted by molar-refractivity contribution is 0.154. The Balaban J connectivity index is 1.97. The molecule has 1 N–H and O–H groups in total. The zero-order chi connectivity index (χ0) is 14.2. The Labute approximate surface area is 118 Å². The third-order valence-corrected chi connectivity index (χ3v) is 2.95. The SMILES string of the molecule is COCc1cc(CN(CCO)Cc2ccccc2)no1. The van der Waals surface area contributed by atoms with Crippen molar-refractivity contribution < 1.29 is 14.4 Å². The number of ether oxygens (including phenoxy) is 1. The summed E-state index contributed by atoms with van der Waals surface area (Å²) in [6.45, 7) is 2.55. The Bertz CT molecular complexity index is 499. The predicted octanol–water partition coefficient (Wildman–Crippen LogP) is 1.82. The molecule has 0 saturated heterocycles. The van der Waals surface area contributed by atoms with Crippen molar-refractivity contribution in [2.24, 2.45) is 0 Å². The summed E-state index contributed by atoms with van der Waals surface area (Å²) < 4.78 is 10.2. The van der Waals surface area contributed by atoms with Crippen LogP contribution in [-0.4, -0.2) is 35.4 Å². The lowest BCUT2D eigenvalue weighted by Gasteiger charge is -2.19. The quantitative estimate of drug-likeness (QED) is 0.797. The summed E-state index contributed by atoms with van der Waals surface area (Å²) in [5.74, 6) is 0.714. The van der Waals surface area contributed by atoms with Gasteiger partial charge in [-0.1, -0.05) is 35.5 Å². The molecule has 5 heteroatoms. The van der Waals surface area contributed by atoms with Gasteiger partial charge in [-0.05, 0) is 5.56 Å². The third-order valence-electron chi connectivity index (χ3n) is 2.95. The van der Waals surface area contributed by atoms with Crippen LogP contribution in [0.1, 0.15) is 17.0 Å². The van der Waals surface area contributed by atoms with Gasteiger partial charge < -0.3 is 14.4 Å². The van der Waals surface area contributed by atoms with Crippen molar-refractivity contribution in [2.45, 2.75) is 19.7 Å². The molecule has 5 nitrogen and oxygen atoms in total. The first-order valence-corrected chi connectivity index (χ1v) is 6.62. The van der Waals surface area contributed by atoms with Crippen molar-refractivity contribution in [3.05, 3.63) is 53.4 Å². The average molecular weight is 276 g/mol. The third kappa shape index (κ3) is 4.45. The van der Waals surface area contributed by atoms with Gasteiger partial charge in [-0.3, -0.25) is 4.90 Å². The van der Waals surface area contributed by atoms with Crippen molar-refractivity contribution in [1.29, 1.82) is 0 Å². The zero-order valence-electron chi connectivity index (χ0n) is 11.7. The van der Waals surface area contributed by atoms with E-state index in [0.717, 1.165) is 12.2 Å². The molecular weight excluding hydrogens is 256 g/mol. The molecule has 0 radical (unpaired) electrons. The van der Waals surface area contributed by atoms with E-state index < -0.39 is 0 Å². The van der Waals surface area contributed by atoms with Gasteiger partial charge in [0, 0.05) is 32.8 Å². The first-order valence-electron chi connectivity index (χ1n) is 6.62. The average Bonchev–Trinajstić information content (AvgIpc) is 2.88. The molecule has 0 atom stereocenters. The number of hydrogen-bond acceptors (Lipinski definition) is 5. The number of rotatable bonds is 8. The minimum Gasteiger partial charge on any atom is -0.395 e. The number of aliphatic hydroxyl groups excluding tert-OH is 1. The van der Waals surface area contributed by atoms with E-state index in [0.29, 0.717) is 25.5 Å². The summed E-state index contributed by atoms with van der Waals surface area (Å²) in [5.41, 5.74) is 2.06. The number of aliphatic hydroxyl groups is 1. The van der Waals surface area contributed by atoms with Crippen LogP contribution in [0.25, 0.3) is 0 Å². The van der Waals surface area contributed by atoms with Gasteiger partial charge in [0.25, 0.3) is 0 Å². The van der Waals surface area contributed by atoms with Crippen LogP contribution in [0.5, 0.6) is 0 Å². The largest absolute Gasteiger partial charge is 0.395 e. The highest BCUT2D eigenvalue weighted by Gasteiger charge is 2.10. The highest BCUT2D eigenvalue weighted by atomic mass is 16.5. The van der Waals surface area contributed by atoms with Crippen LogP contribution in [0.15, 0.2) is 40.9 Å². The molecule has 20 heavy (non-hydrogen) atoms. The second kappa shape index (κ2) is 7.79. The lowest BCUT2D eigenvalue weighted by Crippen LogP contribution is -2.26. The molecule has 0 amide bonds. The van der Waals surface area contributed by atoms with Gasteiger partial charge in [0.05, 0.1) is 12.3 Å². The Kier molecular flexibility index (Phi) is 5.73. The van der Waals surface area contributed by atoms with Crippen LogP contribution < -0.4 is 0 Å². The number of hydrogen-bond donors (Lipinski definition) is 1. The molecule has 2 rings (SSSR count). The summed E-state index contributed by atoms with van der Waals surface area (Å²) in [7, 11) is 1.62. The van der Waals surface area contributed by atoms with E-state index in [1.54, 1.807) is 7.11 Å². The standard InChI is InChI=1S/C15H20N2O3/c1-19-12-15-9-14(16-20-15)11-17(7-8-18)10-13-5-3-2-4-6-13/h2-6,9,18H,7-8,10-12H2,1H3. The zero-order valence-corrected chi connectivity index (χ0v) is 11.7. The number of nitrogens with zero attached hydrogens (tertiary/aromatic N) is 2. The van der Waals surface area contributed by atoms with E-state index in [-0.39, 0.29) is 6.61 Å². The maximum Gasteiger partial charge on any atom is 0.162 e. The van der Waals surface area contributed by atoms with E-state index in [2.05, 4.69) is 22.2 Å². The van der Waals surface area contributed by atoms with E-state index in [1.165, 1.54) is 5.56 Å². The Morgan fingerprint density at radius 2 is 2.05 bits per heavy atom. The minimum absolute atomic E-state index is 0.121. The number of benzene rings is 1. The second-order valence-corrected chi connectivity index (χ2v) is 4.64. The van der Waals surface area contributed by atoms with Gasteiger partial charge in [0.1, 0.15) is 6.61 Å². The summed E-state index contributed by atoms with van der Waals surface area (Å²) in [5, 5.41) is 13.2. The van der Waals surface area contributed by atoms with Crippen molar-refractivity contribution in [3.8, 4) is 0 Å². The summed E-state index contributed by atoms with van der Waals surface area (Å²) in [6.07, 6.45) is 0. The summed E-state index contributed by atoms with van der Waals surface area (Å²) in [4.78, 5) is 2.13. The van der Waals surface area contributed by atoms with Gasteiger partial charge in [0.15, 0.2) is 5.76 Å². The molecule has 0 aliphatic heterocycles. The molecule has 0 fully saturated rings. The van der Waals surface area contributed by atoms with E-state index >= 15 is 0 Å². The maximum absolute atomic E-state index is 9.18. The van der Waals surface area contributed by atoms with Crippen molar-refractivity contribution in [2.75, 3.05) is 20.3 Å². The van der Waals surface area contributed by atoms with E-state index in [4.69, 9.17) is 9.26 Å². The monoisotopic (exact) mass is 276 g/mol. The van der Waals surface area contributed by atoms with Gasteiger partial charge in [-0.15, -0.1) is 0 Å². The van der Waals surface area contributed by atoms with Crippen molar-refractivity contribution >= 4 is 0 Å². The van der Waals surface area contributed by atoms with E-state index in [1.807, 2.05) is 24.3 Å². The van der Waals surface area contributed by atoms with Gasteiger partial charge in [-0.2, -0.15) is 0 Å².